The summed E-state index contributed by atoms with van der Waals surface area (Å²) >= 11 is 0. The molecule has 0 saturated heterocycles. The first-order chi connectivity index (χ1) is 7.52. The number of nitrogens with zero attached hydrogens (tertiary/aromatic N) is 1. The van der Waals surface area contributed by atoms with Crippen LogP contribution in [-0.4, -0.2) is 20.6 Å². The molecule has 2 heteroatoms. The van der Waals surface area contributed by atoms with Gasteiger partial charge in [-0.05, 0) is 31.0 Å². The van der Waals surface area contributed by atoms with Gasteiger partial charge in [0.25, 0.3) is 0 Å². The second-order valence-electron chi connectivity index (χ2n) is 4.98. The van der Waals surface area contributed by atoms with Crippen molar-refractivity contribution < 1.29 is 0 Å². The van der Waals surface area contributed by atoms with E-state index in [2.05, 4.69) is 69.3 Å². The Bertz CT molecular complexity index is 318. The summed E-state index contributed by atoms with van der Waals surface area (Å²) in [6.07, 6.45) is 0. The van der Waals surface area contributed by atoms with Crippen LogP contribution in [0, 0.1) is 5.92 Å². The molecule has 2 nitrogen and oxygen atoms in total. The molecule has 0 fully saturated rings. The lowest BCUT2D eigenvalue weighted by Crippen LogP contribution is -2.25. The van der Waals surface area contributed by atoms with E-state index < -0.39 is 0 Å². The highest BCUT2D eigenvalue weighted by atomic mass is 15.1. The molecule has 1 unspecified atom stereocenters. The van der Waals surface area contributed by atoms with E-state index in [0.29, 0.717) is 12.0 Å². The fraction of sp³-hybridized carbons (Fsp3) is 0.571. The Morgan fingerprint density at radius 3 is 2.31 bits per heavy atom. The van der Waals surface area contributed by atoms with Crippen molar-refractivity contribution in [3.63, 3.8) is 0 Å². The van der Waals surface area contributed by atoms with Gasteiger partial charge in [0.15, 0.2) is 0 Å². The lowest BCUT2D eigenvalue weighted by Gasteiger charge is -2.23. The van der Waals surface area contributed by atoms with E-state index in [1.165, 1.54) is 11.3 Å². The van der Waals surface area contributed by atoms with E-state index in [9.17, 15) is 0 Å². The zero-order valence-electron chi connectivity index (χ0n) is 11.1. The van der Waals surface area contributed by atoms with E-state index in [-0.39, 0.29) is 0 Å². The third-order valence-corrected chi connectivity index (χ3v) is 2.72. The average Bonchev–Trinajstić information content (AvgIpc) is 2.25. The van der Waals surface area contributed by atoms with Crippen molar-refractivity contribution in [1.29, 1.82) is 0 Å². The zero-order chi connectivity index (χ0) is 12.1. The highest BCUT2D eigenvalue weighted by Gasteiger charge is 2.10. The molecule has 0 aromatic heterocycles. The van der Waals surface area contributed by atoms with Crippen LogP contribution >= 0.6 is 0 Å². The predicted molar refractivity (Wildman–Crippen MR) is 72.0 cm³/mol. The third kappa shape index (κ3) is 3.53. The Balaban J connectivity index is 2.77. The summed E-state index contributed by atoms with van der Waals surface area (Å²) in [4.78, 5) is 2.17. The molecule has 0 heterocycles. The van der Waals surface area contributed by atoms with Gasteiger partial charge in [0.1, 0.15) is 0 Å². The molecule has 90 valence electrons. The Morgan fingerprint density at radius 2 is 1.75 bits per heavy atom. The average molecular weight is 220 g/mol. The van der Waals surface area contributed by atoms with Crippen LogP contribution in [0.4, 0.5) is 5.69 Å². The van der Waals surface area contributed by atoms with E-state index in [1.54, 1.807) is 0 Å². The number of hydrogen-bond acceptors (Lipinski definition) is 2. The molecule has 0 saturated carbocycles. The molecular weight excluding hydrogens is 196 g/mol. The summed E-state index contributed by atoms with van der Waals surface area (Å²) in [6.45, 7) is 7.75. The topological polar surface area (TPSA) is 15.3 Å². The van der Waals surface area contributed by atoms with Crippen LogP contribution < -0.4 is 10.2 Å². The van der Waals surface area contributed by atoms with Crippen LogP contribution in [0.15, 0.2) is 24.3 Å². The Hall–Kier alpha value is -1.02. The molecular formula is C14H24N2. The Morgan fingerprint density at radius 1 is 1.12 bits per heavy atom. The summed E-state index contributed by atoms with van der Waals surface area (Å²) in [7, 11) is 4.18. The van der Waals surface area contributed by atoms with Gasteiger partial charge < -0.3 is 10.2 Å². The SMILES string of the molecule is CC(C)CNC(C)c1ccccc1N(C)C. The molecule has 0 aliphatic carbocycles. The minimum absolute atomic E-state index is 0.404. The molecule has 1 aromatic carbocycles. The van der Waals surface area contributed by atoms with Gasteiger partial charge in [0.2, 0.25) is 0 Å². The van der Waals surface area contributed by atoms with Gasteiger partial charge >= 0.3 is 0 Å². The zero-order valence-corrected chi connectivity index (χ0v) is 11.1. The molecule has 1 rings (SSSR count). The molecule has 1 atom stereocenters. The normalized spacial score (nSPS) is 12.9. The maximum Gasteiger partial charge on any atom is 0.0409 e. The number of hydrogen-bond donors (Lipinski definition) is 1. The maximum absolute atomic E-state index is 3.57. The minimum atomic E-state index is 0.404. The monoisotopic (exact) mass is 220 g/mol. The van der Waals surface area contributed by atoms with Crippen LogP contribution in [0.1, 0.15) is 32.4 Å². The lowest BCUT2D eigenvalue weighted by atomic mass is 10.0. The van der Waals surface area contributed by atoms with Crippen LogP contribution in [0.5, 0.6) is 0 Å². The highest BCUT2D eigenvalue weighted by molar-refractivity contribution is 5.53. The molecule has 0 radical (unpaired) electrons. The lowest BCUT2D eigenvalue weighted by molar-refractivity contribution is 0.496. The van der Waals surface area contributed by atoms with Gasteiger partial charge in [-0.2, -0.15) is 0 Å². The fourth-order valence-electron chi connectivity index (χ4n) is 1.78. The first kappa shape index (κ1) is 13.0. The van der Waals surface area contributed by atoms with Crippen molar-refractivity contribution in [2.45, 2.75) is 26.8 Å². The largest absolute Gasteiger partial charge is 0.377 e. The molecule has 1 N–H and O–H groups in total. The molecule has 1 aromatic rings. The first-order valence-corrected chi connectivity index (χ1v) is 6.02. The van der Waals surface area contributed by atoms with E-state index in [1.807, 2.05) is 0 Å². The quantitative estimate of drug-likeness (QED) is 0.820. The number of rotatable bonds is 5. The van der Waals surface area contributed by atoms with Crippen molar-refractivity contribution in [3.05, 3.63) is 29.8 Å². The number of benzene rings is 1. The second kappa shape index (κ2) is 5.90. The first-order valence-electron chi connectivity index (χ1n) is 6.02. The third-order valence-electron chi connectivity index (χ3n) is 2.72. The van der Waals surface area contributed by atoms with Crippen molar-refractivity contribution in [2.75, 3.05) is 25.5 Å². The Kier molecular flexibility index (Phi) is 4.81. The van der Waals surface area contributed by atoms with Crippen LogP contribution in [0.25, 0.3) is 0 Å². The number of nitrogens with one attached hydrogen (secondary N) is 1. The maximum atomic E-state index is 3.57. The van der Waals surface area contributed by atoms with Crippen LogP contribution in [0.2, 0.25) is 0 Å². The molecule has 0 aliphatic rings. The number of para-hydroxylation sites is 1. The van der Waals surface area contributed by atoms with Gasteiger partial charge in [-0.15, -0.1) is 0 Å². The summed E-state index contributed by atoms with van der Waals surface area (Å²) in [6, 6.07) is 8.97. The molecule has 16 heavy (non-hydrogen) atoms. The van der Waals surface area contributed by atoms with Crippen molar-refractivity contribution in [3.8, 4) is 0 Å². The molecule has 0 spiro atoms. The minimum Gasteiger partial charge on any atom is -0.377 e. The predicted octanol–water partition coefficient (Wildman–Crippen LogP) is 3.06. The standard InChI is InChI=1S/C14H24N2/c1-11(2)10-15-12(3)13-8-6-7-9-14(13)16(4)5/h6-9,11-12,15H,10H2,1-5H3. The number of anilines is 1. The van der Waals surface area contributed by atoms with E-state index in [0.717, 1.165) is 6.54 Å². The van der Waals surface area contributed by atoms with Crippen LogP contribution in [-0.2, 0) is 0 Å². The van der Waals surface area contributed by atoms with Gasteiger partial charge in [0, 0.05) is 25.8 Å². The highest BCUT2D eigenvalue weighted by Crippen LogP contribution is 2.24. The van der Waals surface area contributed by atoms with Gasteiger partial charge in [-0.3, -0.25) is 0 Å². The second-order valence-corrected chi connectivity index (χ2v) is 4.98. The van der Waals surface area contributed by atoms with Crippen molar-refractivity contribution in [1.82, 2.24) is 5.32 Å². The fourth-order valence-corrected chi connectivity index (χ4v) is 1.78. The van der Waals surface area contributed by atoms with E-state index in [4.69, 9.17) is 0 Å². The Labute approximate surface area is 99.7 Å². The van der Waals surface area contributed by atoms with Gasteiger partial charge in [0.05, 0.1) is 0 Å². The van der Waals surface area contributed by atoms with Gasteiger partial charge in [-0.25, -0.2) is 0 Å². The van der Waals surface area contributed by atoms with Crippen molar-refractivity contribution >= 4 is 5.69 Å². The van der Waals surface area contributed by atoms with Crippen molar-refractivity contribution in [2.24, 2.45) is 5.92 Å². The molecule has 0 aliphatic heterocycles. The smallest absolute Gasteiger partial charge is 0.0409 e. The molecule has 0 amide bonds. The summed E-state index contributed by atoms with van der Waals surface area (Å²) in [5.41, 5.74) is 2.67. The molecule has 0 bridgehead atoms. The van der Waals surface area contributed by atoms with Gasteiger partial charge in [-0.1, -0.05) is 32.0 Å². The summed E-state index contributed by atoms with van der Waals surface area (Å²) in [5, 5.41) is 3.57. The summed E-state index contributed by atoms with van der Waals surface area (Å²) in [5.74, 6) is 0.689. The van der Waals surface area contributed by atoms with E-state index >= 15 is 0 Å². The summed E-state index contributed by atoms with van der Waals surface area (Å²) < 4.78 is 0. The van der Waals surface area contributed by atoms with Crippen LogP contribution in [0.3, 0.4) is 0 Å².